The molecule has 3 atom stereocenters. The molecule has 222 valence electrons. The van der Waals surface area contributed by atoms with Gasteiger partial charge in [0.2, 0.25) is 5.91 Å². The molecule has 1 saturated carbocycles. The fraction of sp³-hybridized carbons (Fsp3) is 0.276. The van der Waals surface area contributed by atoms with Crippen LogP contribution in [0.2, 0.25) is 5.02 Å². The summed E-state index contributed by atoms with van der Waals surface area (Å²) < 4.78 is 55.5. The Labute approximate surface area is 247 Å². The summed E-state index contributed by atoms with van der Waals surface area (Å²) in [7, 11) is 0. The highest BCUT2D eigenvalue weighted by molar-refractivity contribution is 6.32. The molecule has 0 spiro atoms. The number of aliphatic hydroxyl groups excluding tert-OH is 1. The van der Waals surface area contributed by atoms with Crippen LogP contribution in [0.1, 0.15) is 36.3 Å². The van der Waals surface area contributed by atoms with Crippen molar-refractivity contribution in [2.24, 2.45) is 0 Å². The third-order valence-corrected chi connectivity index (χ3v) is 7.76. The molecule has 2 aromatic carbocycles. The number of amides is 3. The number of halogens is 5. The summed E-state index contributed by atoms with van der Waals surface area (Å²) >= 11 is 6.50. The standard InChI is InChI=1S/C29H22ClF4N5O4/c30-21-4-2-1-3-20(21)24(25(41)37-19-11-28(33,34)12-19)29(27(43)38-18-9-16(31)8-17(32)10-18)13-22(40)26(42)39(29)23-7-15(14-35)5-6-36-23/h1-10,19,22,24,40H,11-13H2,(H,37,41)(H,38,43)/t22?,24-,29?/m0/s1. The molecule has 5 rings (SSSR count). The van der Waals surface area contributed by atoms with E-state index in [0.29, 0.717) is 6.07 Å². The molecule has 1 saturated heterocycles. The van der Waals surface area contributed by atoms with E-state index in [9.17, 15) is 42.3 Å². The van der Waals surface area contributed by atoms with E-state index >= 15 is 0 Å². The molecule has 2 heterocycles. The van der Waals surface area contributed by atoms with Crippen LogP contribution in [0.25, 0.3) is 0 Å². The third kappa shape index (κ3) is 5.63. The van der Waals surface area contributed by atoms with Crippen molar-refractivity contribution in [1.29, 1.82) is 5.26 Å². The second-order valence-electron chi connectivity index (χ2n) is 10.4. The van der Waals surface area contributed by atoms with E-state index in [2.05, 4.69) is 15.6 Å². The van der Waals surface area contributed by atoms with Crippen LogP contribution >= 0.6 is 11.6 Å². The van der Waals surface area contributed by atoms with Gasteiger partial charge in [-0.05, 0) is 35.9 Å². The number of anilines is 2. The van der Waals surface area contributed by atoms with E-state index < -0.39 is 78.1 Å². The van der Waals surface area contributed by atoms with Crippen LogP contribution in [0.3, 0.4) is 0 Å². The predicted octanol–water partition coefficient (Wildman–Crippen LogP) is 4.06. The summed E-state index contributed by atoms with van der Waals surface area (Å²) in [6.07, 6.45) is -2.83. The molecular weight excluding hydrogens is 594 g/mol. The maximum absolute atomic E-state index is 14.4. The predicted molar refractivity (Wildman–Crippen MR) is 145 cm³/mol. The molecule has 0 bridgehead atoms. The van der Waals surface area contributed by atoms with Gasteiger partial charge < -0.3 is 15.7 Å². The second kappa shape index (κ2) is 11.3. The lowest BCUT2D eigenvalue weighted by Gasteiger charge is -2.43. The molecule has 14 heteroatoms. The van der Waals surface area contributed by atoms with Crippen molar-refractivity contribution in [1.82, 2.24) is 10.3 Å². The number of nitrogens with one attached hydrogen (secondary N) is 2. The number of rotatable bonds is 7. The van der Waals surface area contributed by atoms with Crippen LogP contribution in [0.15, 0.2) is 60.8 Å². The lowest BCUT2D eigenvalue weighted by Crippen LogP contribution is -2.63. The number of nitriles is 1. The summed E-state index contributed by atoms with van der Waals surface area (Å²) in [5.41, 5.74) is -2.83. The van der Waals surface area contributed by atoms with Crippen molar-refractivity contribution in [3.63, 3.8) is 0 Å². The van der Waals surface area contributed by atoms with Gasteiger partial charge in [-0.25, -0.2) is 22.5 Å². The first-order chi connectivity index (χ1) is 20.3. The number of benzene rings is 2. The van der Waals surface area contributed by atoms with E-state index in [0.717, 1.165) is 29.3 Å². The number of aliphatic hydroxyl groups is 1. The van der Waals surface area contributed by atoms with E-state index in [1.165, 1.54) is 30.3 Å². The Hall–Kier alpha value is -4.54. The maximum atomic E-state index is 14.4. The van der Waals surface area contributed by atoms with E-state index in [1.54, 1.807) is 0 Å². The molecule has 1 aromatic heterocycles. The first kappa shape index (κ1) is 29.9. The summed E-state index contributed by atoms with van der Waals surface area (Å²) in [4.78, 5) is 46.9. The topological polar surface area (TPSA) is 135 Å². The lowest BCUT2D eigenvalue weighted by molar-refractivity contribution is -0.136. The highest BCUT2D eigenvalue weighted by atomic mass is 35.5. The summed E-state index contributed by atoms with van der Waals surface area (Å²) in [5.74, 6) is -10.4. The van der Waals surface area contributed by atoms with Crippen molar-refractivity contribution in [3.05, 3.63) is 88.6 Å². The van der Waals surface area contributed by atoms with Crippen molar-refractivity contribution in [2.45, 2.75) is 48.8 Å². The second-order valence-corrected chi connectivity index (χ2v) is 10.8. The number of hydrogen-bond acceptors (Lipinski definition) is 6. The van der Waals surface area contributed by atoms with Gasteiger partial charge in [-0.2, -0.15) is 5.26 Å². The zero-order valence-electron chi connectivity index (χ0n) is 22.0. The number of pyridine rings is 1. The lowest BCUT2D eigenvalue weighted by atomic mass is 9.74. The van der Waals surface area contributed by atoms with E-state index in [4.69, 9.17) is 11.6 Å². The van der Waals surface area contributed by atoms with Gasteiger partial charge in [-0.1, -0.05) is 29.8 Å². The Kier molecular flexibility index (Phi) is 7.85. The number of hydrogen-bond donors (Lipinski definition) is 3. The molecule has 2 aliphatic rings. The monoisotopic (exact) mass is 615 g/mol. The van der Waals surface area contributed by atoms with Gasteiger partial charge in [-0.3, -0.25) is 19.3 Å². The van der Waals surface area contributed by atoms with Crippen molar-refractivity contribution < 1.29 is 37.1 Å². The zero-order chi connectivity index (χ0) is 31.1. The number of carbonyl (C=O) groups excluding carboxylic acids is 3. The Morgan fingerprint density at radius 2 is 1.77 bits per heavy atom. The highest BCUT2D eigenvalue weighted by Crippen LogP contribution is 2.48. The molecule has 2 fully saturated rings. The van der Waals surface area contributed by atoms with Gasteiger partial charge in [0.05, 0.1) is 17.6 Å². The van der Waals surface area contributed by atoms with Gasteiger partial charge in [0.1, 0.15) is 29.1 Å². The number of nitrogens with zero attached hydrogens (tertiary/aromatic N) is 3. The average molecular weight is 616 g/mol. The van der Waals surface area contributed by atoms with Gasteiger partial charge in [-0.15, -0.1) is 0 Å². The molecular formula is C29H22ClF4N5O4. The highest BCUT2D eigenvalue weighted by Gasteiger charge is 2.64. The first-order valence-electron chi connectivity index (χ1n) is 12.9. The van der Waals surface area contributed by atoms with Gasteiger partial charge in [0.15, 0.2) is 0 Å². The number of aromatic nitrogens is 1. The Morgan fingerprint density at radius 1 is 1.09 bits per heavy atom. The third-order valence-electron chi connectivity index (χ3n) is 7.42. The fourth-order valence-electron chi connectivity index (χ4n) is 5.56. The Morgan fingerprint density at radius 3 is 2.40 bits per heavy atom. The molecule has 3 aromatic rings. The number of alkyl halides is 2. The summed E-state index contributed by atoms with van der Waals surface area (Å²) in [6.45, 7) is 0. The van der Waals surface area contributed by atoms with Gasteiger partial charge in [0, 0.05) is 48.3 Å². The van der Waals surface area contributed by atoms with Crippen LogP contribution in [0.5, 0.6) is 0 Å². The molecule has 1 aliphatic heterocycles. The van der Waals surface area contributed by atoms with Gasteiger partial charge >= 0.3 is 0 Å². The quantitative estimate of drug-likeness (QED) is 0.343. The van der Waals surface area contributed by atoms with Crippen molar-refractivity contribution in [2.75, 3.05) is 10.2 Å². The van der Waals surface area contributed by atoms with Crippen LogP contribution in [-0.4, -0.2) is 51.4 Å². The normalized spacial score (nSPS) is 21.9. The van der Waals surface area contributed by atoms with Crippen LogP contribution in [0, 0.1) is 23.0 Å². The molecule has 1 aliphatic carbocycles. The van der Waals surface area contributed by atoms with Crippen LogP contribution < -0.4 is 15.5 Å². The van der Waals surface area contributed by atoms with Crippen molar-refractivity contribution >= 4 is 40.8 Å². The van der Waals surface area contributed by atoms with E-state index in [-0.39, 0.29) is 27.7 Å². The molecule has 0 radical (unpaired) electrons. The Bertz CT molecular complexity index is 1640. The first-order valence-corrected chi connectivity index (χ1v) is 13.3. The Balaban J connectivity index is 1.73. The van der Waals surface area contributed by atoms with Gasteiger partial charge in [0.25, 0.3) is 17.7 Å². The minimum atomic E-state index is -3.01. The minimum absolute atomic E-state index is 0.0103. The molecule has 3 amide bonds. The zero-order valence-corrected chi connectivity index (χ0v) is 22.8. The van der Waals surface area contributed by atoms with Crippen LogP contribution in [-0.2, 0) is 14.4 Å². The number of carbonyl (C=O) groups is 3. The summed E-state index contributed by atoms with van der Waals surface area (Å²) in [6, 6.07) is 11.3. The molecule has 43 heavy (non-hydrogen) atoms. The molecule has 2 unspecified atom stereocenters. The minimum Gasteiger partial charge on any atom is -0.383 e. The maximum Gasteiger partial charge on any atom is 0.258 e. The molecule has 9 nitrogen and oxygen atoms in total. The van der Waals surface area contributed by atoms with Crippen LogP contribution in [0.4, 0.5) is 29.1 Å². The SMILES string of the molecule is N#Cc1ccnc(N2C(=O)C(O)CC2(C(=O)Nc2cc(F)cc(F)c2)[C@H](C(=O)NC2CC(F)(F)C2)c2ccccc2Cl)c1. The summed E-state index contributed by atoms with van der Waals surface area (Å²) in [5, 5.41) is 25.2. The average Bonchev–Trinajstić information content (AvgIpc) is 3.19. The van der Waals surface area contributed by atoms with E-state index in [1.807, 2.05) is 6.07 Å². The van der Waals surface area contributed by atoms with Crippen molar-refractivity contribution in [3.8, 4) is 6.07 Å². The fourth-order valence-corrected chi connectivity index (χ4v) is 5.80. The largest absolute Gasteiger partial charge is 0.383 e. The smallest absolute Gasteiger partial charge is 0.258 e. The molecule has 3 N–H and O–H groups in total.